The van der Waals surface area contributed by atoms with E-state index in [1.165, 1.54) is 28.4 Å². The number of hydrogen-bond acceptors (Lipinski definition) is 5. The first-order valence-corrected chi connectivity index (χ1v) is 7.68. The molecule has 0 aromatic carbocycles. The molecular weight excluding hydrogens is 284 g/mol. The number of ketones is 1. The number of allylic oxidation sites excluding steroid dienone is 2. The lowest BCUT2D eigenvalue weighted by atomic mass is 9.97. The lowest BCUT2D eigenvalue weighted by molar-refractivity contribution is -0.344. The van der Waals surface area contributed by atoms with Crippen molar-refractivity contribution in [1.82, 2.24) is 0 Å². The maximum atomic E-state index is 12.8. The van der Waals surface area contributed by atoms with Gasteiger partial charge in [-0.25, -0.2) is 0 Å². The molecule has 5 nitrogen and oxygen atoms in total. The van der Waals surface area contributed by atoms with Gasteiger partial charge in [0.05, 0.1) is 0 Å². The largest absolute Gasteiger partial charge is 0.345 e. The standard InChI is InChI=1S/C17H28O5/c1-7-9-13-11-16(19-3,20-4)17(21-5,22-6)12-14(10-8-2)15(13)18/h11-12H,7-10H2,1-6H3. The van der Waals surface area contributed by atoms with Crippen LogP contribution in [-0.4, -0.2) is 45.8 Å². The molecule has 0 radical (unpaired) electrons. The molecule has 126 valence electrons. The van der Waals surface area contributed by atoms with E-state index in [0.29, 0.717) is 24.0 Å². The van der Waals surface area contributed by atoms with Crippen molar-refractivity contribution in [2.24, 2.45) is 0 Å². The van der Waals surface area contributed by atoms with Crippen LogP contribution in [0.5, 0.6) is 0 Å². The predicted molar refractivity (Wildman–Crippen MR) is 84.5 cm³/mol. The quantitative estimate of drug-likeness (QED) is 0.645. The fourth-order valence-corrected chi connectivity index (χ4v) is 2.88. The van der Waals surface area contributed by atoms with Gasteiger partial charge < -0.3 is 18.9 Å². The van der Waals surface area contributed by atoms with Crippen LogP contribution in [0, 0.1) is 0 Å². The van der Waals surface area contributed by atoms with Gasteiger partial charge in [-0.1, -0.05) is 26.7 Å². The van der Waals surface area contributed by atoms with Crippen molar-refractivity contribution in [3.63, 3.8) is 0 Å². The van der Waals surface area contributed by atoms with Crippen LogP contribution in [0.15, 0.2) is 23.3 Å². The van der Waals surface area contributed by atoms with Crippen molar-refractivity contribution < 1.29 is 23.7 Å². The van der Waals surface area contributed by atoms with Crippen LogP contribution in [0.3, 0.4) is 0 Å². The van der Waals surface area contributed by atoms with Gasteiger partial charge in [-0.3, -0.25) is 4.79 Å². The van der Waals surface area contributed by atoms with Gasteiger partial charge in [0.2, 0.25) is 11.6 Å². The van der Waals surface area contributed by atoms with E-state index < -0.39 is 11.6 Å². The van der Waals surface area contributed by atoms with Crippen molar-refractivity contribution in [2.75, 3.05) is 28.4 Å². The van der Waals surface area contributed by atoms with E-state index >= 15 is 0 Å². The summed E-state index contributed by atoms with van der Waals surface area (Å²) in [4.78, 5) is 12.8. The topological polar surface area (TPSA) is 54.0 Å². The van der Waals surface area contributed by atoms with Gasteiger partial charge in [-0.05, 0) is 25.0 Å². The van der Waals surface area contributed by atoms with Gasteiger partial charge in [-0.2, -0.15) is 0 Å². The molecule has 0 heterocycles. The monoisotopic (exact) mass is 312 g/mol. The summed E-state index contributed by atoms with van der Waals surface area (Å²) in [6.45, 7) is 4.06. The molecule has 5 heteroatoms. The maximum absolute atomic E-state index is 12.8. The number of hydrogen-bond donors (Lipinski definition) is 0. The third kappa shape index (κ3) is 3.18. The summed E-state index contributed by atoms with van der Waals surface area (Å²) in [5.74, 6) is -2.61. The lowest BCUT2D eigenvalue weighted by Crippen LogP contribution is -2.57. The molecule has 1 rings (SSSR count). The number of carbonyl (C=O) groups is 1. The van der Waals surface area contributed by atoms with Crippen molar-refractivity contribution in [1.29, 1.82) is 0 Å². The first-order valence-electron chi connectivity index (χ1n) is 7.68. The van der Waals surface area contributed by atoms with Gasteiger partial charge in [0.1, 0.15) is 0 Å². The second kappa shape index (κ2) is 8.02. The Balaban J connectivity index is 3.61. The fraction of sp³-hybridized carbons (Fsp3) is 0.706. The Labute approximate surface area is 133 Å². The Kier molecular flexibility index (Phi) is 6.94. The van der Waals surface area contributed by atoms with Crippen LogP contribution in [-0.2, 0) is 23.7 Å². The Hall–Kier alpha value is -1.01. The molecule has 0 amide bonds. The highest BCUT2D eigenvalue weighted by molar-refractivity contribution is 6.08. The third-order valence-electron chi connectivity index (χ3n) is 4.05. The van der Waals surface area contributed by atoms with E-state index in [4.69, 9.17) is 18.9 Å². The van der Waals surface area contributed by atoms with Gasteiger partial charge in [0, 0.05) is 39.6 Å². The summed E-state index contributed by atoms with van der Waals surface area (Å²) in [5, 5.41) is 0. The van der Waals surface area contributed by atoms with Gasteiger partial charge in [0.15, 0.2) is 5.78 Å². The van der Waals surface area contributed by atoms with Gasteiger partial charge in [0.25, 0.3) is 0 Å². The molecule has 1 aliphatic rings. The minimum absolute atomic E-state index is 0.0122. The van der Waals surface area contributed by atoms with E-state index in [1.807, 2.05) is 13.8 Å². The van der Waals surface area contributed by atoms with E-state index in [2.05, 4.69) is 0 Å². The van der Waals surface area contributed by atoms with Crippen molar-refractivity contribution >= 4 is 5.78 Å². The maximum Gasteiger partial charge on any atom is 0.248 e. The highest BCUT2D eigenvalue weighted by atomic mass is 16.8. The highest BCUT2D eigenvalue weighted by Gasteiger charge is 2.54. The molecule has 0 aromatic rings. The average molecular weight is 312 g/mol. The Bertz CT molecular complexity index is 402. The Morgan fingerprint density at radius 3 is 1.32 bits per heavy atom. The number of methoxy groups -OCH3 is 4. The molecule has 0 aliphatic heterocycles. The fourth-order valence-electron chi connectivity index (χ4n) is 2.88. The van der Waals surface area contributed by atoms with E-state index in [1.54, 1.807) is 12.2 Å². The van der Waals surface area contributed by atoms with Crippen LogP contribution in [0.25, 0.3) is 0 Å². The molecule has 0 bridgehead atoms. The molecule has 22 heavy (non-hydrogen) atoms. The van der Waals surface area contributed by atoms with Crippen LogP contribution < -0.4 is 0 Å². The number of rotatable bonds is 8. The van der Waals surface area contributed by atoms with Crippen molar-refractivity contribution in [3.8, 4) is 0 Å². The molecule has 0 unspecified atom stereocenters. The molecule has 0 fully saturated rings. The Morgan fingerprint density at radius 1 is 0.773 bits per heavy atom. The lowest BCUT2D eigenvalue weighted by Gasteiger charge is -2.42. The van der Waals surface area contributed by atoms with Crippen LogP contribution in [0.2, 0.25) is 0 Å². The summed E-state index contributed by atoms with van der Waals surface area (Å²) < 4.78 is 22.4. The zero-order valence-corrected chi connectivity index (χ0v) is 14.5. The molecule has 0 spiro atoms. The SMILES string of the molecule is CCCC1=CC(OC)(OC)C(OC)(OC)C=C(CCC)C1=O. The van der Waals surface area contributed by atoms with Gasteiger partial charge in [-0.15, -0.1) is 0 Å². The minimum atomic E-state index is -1.31. The summed E-state index contributed by atoms with van der Waals surface area (Å²) in [6, 6.07) is 0. The van der Waals surface area contributed by atoms with E-state index in [-0.39, 0.29) is 5.78 Å². The van der Waals surface area contributed by atoms with Crippen LogP contribution >= 0.6 is 0 Å². The number of Topliss-reactive ketones (excluding diaryl/α,β-unsaturated/α-hetero) is 1. The number of ether oxygens (including phenoxy) is 4. The molecule has 0 saturated carbocycles. The van der Waals surface area contributed by atoms with Gasteiger partial charge >= 0.3 is 0 Å². The molecular formula is C17H28O5. The summed E-state index contributed by atoms with van der Waals surface area (Å²) in [7, 11) is 6.05. The third-order valence-corrected chi connectivity index (χ3v) is 4.05. The molecule has 0 aromatic heterocycles. The smallest absolute Gasteiger partial charge is 0.248 e. The summed E-state index contributed by atoms with van der Waals surface area (Å²) in [6.07, 6.45) is 6.41. The minimum Gasteiger partial charge on any atom is -0.345 e. The second-order valence-corrected chi connectivity index (χ2v) is 5.32. The van der Waals surface area contributed by atoms with Crippen LogP contribution in [0.4, 0.5) is 0 Å². The normalized spacial score (nSPS) is 20.4. The summed E-state index contributed by atoms with van der Waals surface area (Å²) in [5.41, 5.74) is 1.34. The van der Waals surface area contributed by atoms with E-state index in [9.17, 15) is 4.79 Å². The van der Waals surface area contributed by atoms with Crippen LogP contribution in [0.1, 0.15) is 39.5 Å². The first kappa shape index (κ1) is 19.0. The molecule has 0 N–H and O–H groups in total. The summed E-state index contributed by atoms with van der Waals surface area (Å²) >= 11 is 0. The molecule has 1 aliphatic carbocycles. The predicted octanol–water partition coefficient (Wildman–Crippen LogP) is 3.00. The van der Waals surface area contributed by atoms with Crippen molar-refractivity contribution in [3.05, 3.63) is 23.3 Å². The van der Waals surface area contributed by atoms with Crippen molar-refractivity contribution in [2.45, 2.75) is 51.1 Å². The highest BCUT2D eigenvalue weighted by Crippen LogP contribution is 2.39. The number of carbonyl (C=O) groups excluding carboxylic acids is 1. The molecule has 0 atom stereocenters. The zero-order valence-electron chi connectivity index (χ0n) is 14.5. The molecule has 0 saturated heterocycles. The van der Waals surface area contributed by atoms with E-state index in [0.717, 1.165) is 12.8 Å². The Morgan fingerprint density at radius 2 is 1.09 bits per heavy atom. The first-order chi connectivity index (χ1) is 10.5. The zero-order chi connectivity index (χ0) is 16.8. The second-order valence-electron chi connectivity index (χ2n) is 5.32. The average Bonchev–Trinajstić information content (AvgIpc) is 2.64.